The third-order valence-electron chi connectivity index (χ3n) is 2.69. The molecule has 3 N–H and O–H groups in total. The lowest BCUT2D eigenvalue weighted by Crippen LogP contribution is -2.11. The van der Waals surface area contributed by atoms with Crippen molar-refractivity contribution in [3.05, 3.63) is 23.8 Å². The molecule has 0 unspecified atom stereocenters. The number of nitrogens with two attached hydrogens (primary N) is 1. The van der Waals surface area contributed by atoms with E-state index in [9.17, 15) is 5.11 Å². The van der Waals surface area contributed by atoms with Gasteiger partial charge in [0.1, 0.15) is 11.5 Å². The minimum absolute atomic E-state index is 0. The quantitative estimate of drug-likeness (QED) is 0.853. The highest BCUT2D eigenvalue weighted by Crippen LogP contribution is 2.29. The van der Waals surface area contributed by atoms with Crippen molar-refractivity contribution in [3.8, 4) is 11.5 Å². The van der Waals surface area contributed by atoms with Crippen LogP contribution < -0.4 is 10.5 Å². The van der Waals surface area contributed by atoms with Gasteiger partial charge in [0, 0.05) is 17.7 Å². The first-order valence-electron chi connectivity index (χ1n) is 5.67. The fourth-order valence-corrected chi connectivity index (χ4v) is 1.63. The lowest BCUT2D eigenvalue weighted by atomic mass is 9.97. The largest absolute Gasteiger partial charge is 0.507 e. The van der Waals surface area contributed by atoms with Crippen LogP contribution in [0.5, 0.6) is 11.5 Å². The van der Waals surface area contributed by atoms with Gasteiger partial charge in [0.15, 0.2) is 0 Å². The zero-order chi connectivity index (χ0) is 12.1. The molecule has 0 aliphatic carbocycles. The van der Waals surface area contributed by atoms with Gasteiger partial charge in [-0.15, -0.1) is 12.4 Å². The van der Waals surface area contributed by atoms with Crippen LogP contribution in [0, 0.1) is 5.92 Å². The van der Waals surface area contributed by atoms with E-state index in [-0.39, 0.29) is 24.2 Å². The van der Waals surface area contributed by atoms with Crippen LogP contribution in [-0.2, 0) is 0 Å². The van der Waals surface area contributed by atoms with Gasteiger partial charge in [0.2, 0.25) is 0 Å². The lowest BCUT2D eigenvalue weighted by Gasteiger charge is -2.15. The van der Waals surface area contributed by atoms with Gasteiger partial charge in [0.25, 0.3) is 0 Å². The fourth-order valence-electron chi connectivity index (χ4n) is 1.63. The average molecular weight is 260 g/mol. The Balaban J connectivity index is 0.00000256. The second kappa shape index (κ2) is 7.41. The van der Waals surface area contributed by atoms with E-state index in [0.29, 0.717) is 11.7 Å². The summed E-state index contributed by atoms with van der Waals surface area (Å²) >= 11 is 0. The van der Waals surface area contributed by atoms with Crippen molar-refractivity contribution < 1.29 is 9.84 Å². The summed E-state index contributed by atoms with van der Waals surface area (Å²) in [7, 11) is 1.58. The van der Waals surface area contributed by atoms with Gasteiger partial charge in [-0.2, -0.15) is 0 Å². The van der Waals surface area contributed by atoms with Crippen molar-refractivity contribution >= 4 is 12.4 Å². The summed E-state index contributed by atoms with van der Waals surface area (Å²) in [5.41, 5.74) is 6.83. The van der Waals surface area contributed by atoms with E-state index in [2.05, 4.69) is 13.8 Å². The molecule has 3 nitrogen and oxygen atoms in total. The summed E-state index contributed by atoms with van der Waals surface area (Å²) in [4.78, 5) is 0. The minimum Gasteiger partial charge on any atom is -0.507 e. The Morgan fingerprint density at radius 1 is 1.29 bits per heavy atom. The molecule has 1 aromatic carbocycles. The standard InChI is InChI=1S/C13H21NO2.ClH/c1-9(2)4-7-12(14)11-6-5-10(16-3)8-13(11)15;/h5-6,8-9,12,15H,4,7,14H2,1-3H3;1H/t12-;/m1./s1. The lowest BCUT2D eigenvalue weighted by molar-refractivity contribution is 0.403. The molecule has 0 aliphatic rings. The summed E-state index contributed by atoms with van der Waals surface area (Å²) in [6.45, 7) is 4.33. The van der Waals surface area contributed by atoms with Crippen LogP contribution in [0.1, 0.15) is 38.3 Å². The van der Waals surface area contributed by atoms with Gasteiger partial charge in [-0.1, -0.05) is 19.9 Å². The minimum atomic E-state index is -0.103. The van der Waals surface area contributed by atoms with E-state index in [0.717, 1.165) is 18.4 Å². The van der Waals surface area contributed by atoms with Gasteiger partial charge in [0.05, 0.1) is 7.11 Å². The van der Waals surface area contributed by atoms with E-state index in [1.54, 1.807) is 13.2 Å². The number of hydrogen-bond acceptors (Lipinski definition) is 3. The molecule has 0 aromatic heterocycles. The van der Waals surface area contributed by atoms with Gasteiger partial charge in [-0.3, -0.25) is 0 Å². The van der Waals surface area contributed by atoms with Crippen LogP contribution in [0.15, 0.2) is 18.2 Å². The maximum absolute atomic E-state index is 9.80. The second-order valence-electron chi connectivity index (χ2n) is 4.50. The molecular weight excluding hydrogens is 238 g/mol. The first-order valence-corrected chi connectivity index (χ1v) is 5.67. The van der Waals surface area contributed by atoms with E-state index < -0.39 is 0 Å². The molecule has 17 heavy (non-hydrogen) atoms. The SMILES string of the molecule is COc1ccc([C@H](N)CCC(C)C)c(O)c1.Cl. The van der Waals surface area contributed by atoms with Crippen LogP contribution in [0.25, 0.3) is 0 Å². The number of halogens is 1. The normalized spacial score (nSPS) is 12.1. The van der Waals surface area contributed by atoms with Gasteiger partial charge >= 0.3 is 0 Å². The molecule has 1 rings (SSSR count). The third kappa shape index (κ3) is 4.84. The highest BCUT2D eigenvalue weighted by atomic mass is 35.5. The Kier molecular flexibility index (Phi) is 7.00. The fraction of sp³-hybridized carbons (Fsp3) is 0.538. The molecule has 0 spiro atoms. The van der Waals surface area contributed by atoms with E-state index in [1.807, 2.05) is 12.1 Å². The summed E-state index contributed by atoms with van der Waals surface area (Å²) in [6.07, 6.45) is 1.95. The molecule has 0 heterocycles. The number of phenolic OH excluding ortho intramolecular Hbond substituents is 1. The van der Waals surface area contributed by atoms with Gasteiger partial charge in [-0.25, -0.2) is 0 Å². The Hall–Kier alpha value is -0.930. The number of methoxy groups -OCH3 is 1. The summed E-state index contributed by atoms with van der Waals surface area (Å²) in [6, 6.07) is 5.15. The van der Waals surface area contributed by atoms with Gasteiger partial charge in [-0.05, 0) is 24.8 Å². The third-order valence-corrected chi connectivity index (χ3v) is 2.69. The highest BCUT2D eigenvalue weighted by Gasteiger charge is 2.12. The molecular formula is C13H22ClNO2. The van der Waals surface area contributed by atoms with Crippen LogP contribution >= 0.6 is 12.4 Å². The molecule has 4 heteroatoms. The number of hydrogen-bond donors (Lipinski definition) is 2. The number of aromatic hydroxyl groups is 1. The summed E-state index contributed by atoms with van der Waals surface area (Å²) in [5, 5.41) is 9.80. The first kappa shape index (κ1) is 16.1. The topological polar surface area (TPSA) is 55.5 Å². The van der Waals surface area contributed by atoms with Crippen molar-refractivity contribution in [2.45, 2.75) is 32.7 Å². The van der Waals surface area contributed by atoms with Crippen LogP contribution in [0.3, 0.4) is 0 Å². The predicted molar refractivity (Wildman–Crippen MR) is 72.9 cm³/mol. The Morgan fingerprint density at radius 3 is 2.41 bits per heavy atom. The molecule has 0 fully saturated rings. The van der Waals surface area contributed by atoms with Crippen molar-refractivity contribution in [2.24, 2.45) is 11.7 Å². The van der Waals surface area contributed by atoms with E-state index >= 15 is 0 Å². The highest BCUT2D eigenvalue weighted by molar-refractivity contribution is 5.85. The molecule has 0 amide bonds. The molecule has 1 atom stereocenters. The zero-order valence-corrected chi connectivity index (χ0v) is 11.5. The smallest absolute Gasteiger partial charge is 0.124 e. The van der Waals surface area contributed by atoms with Crippen molar-refractivity contribution in [3.63, 3.8) is 0 Å². The summed E-state index contributed by atoms with van der Waals surface area (Å²) < 4.78 is 5.03. The molecule has 0 aliphatic heterocycles. The molecule has 98 valence electrons. The number of ether oxygens (including phenoxy) is 1. The van der Waals surface area contributed by atoms with Crippen LogP contribution in [0.4, 0.5) is 0 Å². The van der Waals surface area contributed by atoms with Crippen molar-refractivity contribution in [1.82, 2.24) is 0 Å². The molecule has 1 aromatic rings. The maximum Gasteiger partial charge on any atom is 0.124 e. The molecule has 0 bridgehead atoms. The molecule has 0 radical (unpaired) electrons. The predicted octanol–water partition coefficient (Wildman–Crippen LogP) is 3.26. The van der Waals surface area contributed by atoms with E-state index in [4.69, 9.17) is 10.5 Å². The summed E-state index contributed by atoms with van der Waals surface area (Å²) in [5.74, 6) is 1.50. The first-order chi connectivity index (χ1) is 7.54. The Labute approximate surface area is 109 Å². The number of benzene rings is 1. The second-order valence-corrected chi connectivity index (χ2v) is 4.50. The number of rotatable bonds is 5. The van der Waals surface area contributed by atoms with E-state index in [1.165, 1.54) is 0 Å². The zero-order valence-electron chi connectivity index (χ0n) is 10.6. The Bertz CT molecular complexity index is 342. The Morgan fingerprint density at radius 2 is 1.94 bits per heavy atom. The molecule has 0 saturated heterocycles. The van der Waals surface area contributed by atoms with Crippen molar-refractivity contribution in [1.29, 1.82) is 0 Å². The van der Waals surface area contributed by atoms with Gasteiger partial charge < -0.3 is 15.6 Å². The van der Waals surface area contributed by atoms with Crippen molar-refractivity contribution in [2.75, 3.05) is 7.11 Å². The van der Waals surface area contributed by atoms with Crippen LogP contribution in [0.2, 0.25) is 0 Å². The number of phenols is 1. The monoisotopic (exact) mass is 259 g/mol. The van der Waals surface area contributed by atoms with Crippen LogP contribution in [-0.4, -0.2) is 12.2 Å². The average Bonchev–Trinajstić information content (AvgIpc) is 2.25. The maximum atomic E-state index is 9.80. The molecule has 0 saturated carbocycles.